The molecular formula is C13H11F3N4O2. The first-order chi connectivity index (χ1) is 10.4. The average molecular weight is 312 g/mol. The van der Waals surface area contributed by atoms with Crippen LogP contribution in [0.25, 0.3) is 16.7 Å². The van der Waals surface area contributed by atoms with Crippen LogP contribution in [-0.4, -0.2) is 26.2 Å². The van der Waals surface area contributed by atoms with Gasteiger partial charge in [0.15, 0.2) is 5.65 Å². The van der Waals surface area contributed by atoms with E-state index in [4.69, 9.17) is 4.74 Å². The fourth-order valence-corrected chi connectivity index (χ4v) is 2.09. The van der Waals surface area contributed by atoms with E-state index >= 15 is 0 Å². The number of halogens is 3. The number of hydrogen-bond donors (Lipinski definition) is 1. The maximum Gasteiger partial charge on any atom is 0.433 e. The highest BCUT2D eigenvalue weighted by atomic mass is 19.4. The molecule has 9 heteroatoms. The number of nitrogens with one attached hydrogen (secondary N) is 1. The van der Waals surface area contributed by atoms with E-state index in [0.29, 0.717) is 12.3 Å². The highest BCUT2D eigenvalue weighted by Gasteiger charge is 2.33. The van der Waals surface area contributed by atoms with Crippen LogP contribution in [0.3, 0.4) is 0 Å². The number of hydrogen-bond acceptors (Lipinski definition) is 4. The van der Waals surface area contributed by atoms with Crippen molar-refractivity contribution >= 4 is 16.7 Å². The van der Waals surface area contributed by atoms with Gasteiger partial charge in [0, 0.05) is 12.7 Å². The second-order valence-corrected chi connectivity index (χ2v) is 4.59. The van der Waals surface area contributed by atoms with Crippen LogP contribution in [-0.2, 0) is 17.5 Å². The van der Waals surface area contributed by atoms with Crippen molar-refractivity contribution in [1.29, 1.82) is 0 Å². The van der Waals surface area contributed by atoms with Crippen molar-refractivity contribution in [2.24, 2.45) is 0 Å². The molecule has 0 atom stereocenters. The molecule has 3 aromatic heterocycles. The van der Waals surface area contributed by atoms with Crippen LogP contribution in [0.2, 0.25) is 0 Å². The number of aromatic amines is 1. The highest BCUT2D eigenvalue weighted by molar-refractivity contribution is 5.76. The Kier molecular flexibility index (Phi) is 3.36. The van der Waals surface area contributed by atoms with Crippen LogP contribution in [0.4, 0.5) is 13.2 Å². The predicted octanol–water partition coefficient (Wildman–Crippen LogP) is 2.13. The number of ether oxygens (including phenoxy) is 1. The summed E-state index contributed by atoms with van der Waals surface area (Å²) in [6.07, 6.45) is -4.59. The molecule has 3 heterocycles. The van der Waals surface area contributed by atoms with E-state index in [0.717, 1.165) is 12.1 Å². The molecule has 116 valence electrons. The summed E-state index contributed by atoms with van der Waals surface area (Å²) in [7, 11) is 0. The lowest BCUT2D eigenvalue weighted by Gasteiger charge is -2.07. The van der Waals surface area contributed by atoms with Gasteiger partial charge in [-0.3, -0.25) is 4.79 Å². The Balaban J connectivity index is 2.27. The SMILES string of the molecule is CCOCc1cc2[nH]c(=O)c3ccc(C(F)(F)F)nc3n2n1. The Morgan fingerprint density at radius 2 is 2.14 bits per heavy atom. The third kappa shape index (κ3) is 2.43. The molecule has 0 spiro atoms. The molecule has 0 aliphatic rings. The minimum Gasteiger partial charge on any atom is -0.375 e. The van der Waals surface area contributed by atoms with Crippen LogP contribution < -0.4 is 5.56 Å². The van der Waals surface area contributed by atoms with Gasteiger partial charge in [-0.25, -0.2) is 4.98 Å². The van der Waals surface area contributed by atoms with E-state index in [-0.39, 0.29) is 23.3 Å². The predicted molar refractivity (Wildman–Crippen MR) is 71.4 cm³/mol. The van der Waals surface area contributed by atoms with Crippen LogP contribution in [0, 0.1) is 0 Å². The summed E-state index contributed by atoms with van der Waals surface area (Å²) in [5.74, 6) is 0. The largest absolute Gasteiger partial charge is 0.433 e. The lowest BCUT2D eigenvalue weighted by atomic mass is 10.3. The monoisotopic (exact) mass is 312 g/mol. The van der Waals surface area contributed by atoms with E-state index in [2.05, 4.69) is 15.1 Å². The third-order valence-electron chi connectivity index (χ3n) is 3.07. The molecule has 6 nitrogen and oxygen atoms in total. The third-order valence-corrected chi connectivity index (χ3v) is 3.07. The van der Waals surface area contributed by atoms with Gasteiger partial charge < -0.3 is 9.72 Å². The summed E-state index contributed by atoms with van der Waals surface area (Å²) < 4.78 is 44.8. The molecule has 0 aliphatic heterocycles. The summed E-state index contributed by atoms with van der Waals surface area (Å²) in [4.78, 5) is 18.0. The Morgan fingerprint density at radius 1 is 1.36 bits per heavy atom. The zero-order valence-corrected chi connectivity index (χ0v) is 11.4. The number of H-pyrrole nitrogens is 1. The summed E-state index contributed by atoms with van der Waals surface area (Å²) >= 11 is 0. The first kappa shape index (κ1) is 14.5. The zero-order valence-electron chi connectivity index (χ0n) is 11.4. The normalized spacial score (nSPS) is 12.4. The van der Waals surface area contributed by atoms with Crippen molar-refractivity contribution in [1.82, 2.24) is 19.6 Å². The van der Waals surface area contributed by atoms with E-state index in [1.165, 1.54) is 4.52 Å². The van der Waals surface area contributed by atoms with Crippen molar-refractivity contribution in [3.63, 3.8) is 0 Å². The van der Waals surface area contributed by atoms with E-state index in [9.17, 15) is 18.0 Å². The molecule has 0 fully saturated rings. The Hall–Kier alpha value is -2.42. The van der Waals surface area contributed by atoms with Gasteiger partial charge in [-0.15, -0.1) is 0 Å². The molecule has 3 aromatic rings. The number of alkyl halides is 3. The molecular weight excluding hydrogens is 301 g/mol. The number of rotatable bonds is 3. The average Bonchev–Trinajstić information content (AvgIpc) is 2.87. The van der Waals surface area contributed by atoms with Crippen molar-refractivity contribution in [2.75, 3.05) is 6.61 Å². The van der Waals surface area contributed by atoms with Gasteiger partial charge in [-0.05, 0) is 19.1 Å². The van der Waals surface area contributed by atoms with Crippen molar-refractivity contribution in [2.45, 2.75) is 19.7 Å². The van der Waals surface area contributed by atoms with Gasteiger partial charge in [0.05, 0.1) is 17.7 Å². The molecule has 0 radical (unpaired) electrons. The first-order valence-electron chi connectivity index (χ1n) is 6.47. The van der Waals surface area contributed by atoms with Gasteiger partial charge >= 0.3 is 6.18 Å². The van der Waals surface area contributed by atoms with Crippen LogP contribution >= 0.6 is 0 Å². The van der Waals surface area contributed by atoms with E-state index in [1.807, 2.05) is 6.92 Å². The second-order valence-electron chi connectivity index (χ2n) is 4.59. The Bertz CT molecular complexity index is 898. The van der Waals surface area contributed by atoms with Crippen LogP contribution in [0.5, 0.6) is 0 Å². The number of pyridine rings is 1. The van der Waals surface area contributed by atoms with Crippen molar-refractivity contribution < 1.29 is 17.9 Å². The summed E-state index contributed by atoms with van der Waals surface area (Å²) in [5.41, 5.74) is -0.986. The van der Waals surface area contributed by atoms with Gasteiger partial charge in [-0.1, -0.05) is 0 Å². The van der Waals surface area contributed by atoms with E-state index in [1.54, 1.807) is 6.07 Å². The molecule has 0 aromatic carbocycles. The van der Waals surface area contributed by atoms with Gasteiger partial charge in [0.2, 0.25) is 0 Å². The molecule has 0 bridgehead atoms. The quantitative estimate of drug-likeness (QED) is 0.804. The van der Waals surface area contributed by atoms with Crippen molar-refractivity contribution in [3.05, 3.63) is 39.9 Å². The van der Waals surface area contributed by atoms with Gasteiger partial charge in [0.25, 0.3) is 5.56 Å². The van der Waals surface area contributed by atoms with Crippen LogP contribution in [0.1, 0.15) is 18.3 Å². The maximum atomic E-state index is 12.8. The van der Waals surface area contributed by atoms with Crippen molar-refractivity contribution in [3.8, 4) is 0 Å². The topological polar surface area (TPSA) is 72.3 Å². The minimum atomic E-state index is -4.59. The zero-order chi connectivity index (χ0) is 15.9. The highest BCUT2D eigenvalue weighted by Crippen LogP contribution is 2.28. The molecule has 0 aliphatic carbocycles. The number of nitrogens with zero attached hydrogens (tertiary/aromatic N) is 3. The number of fused-ring (bicyclic) bond motifs is 3. The lowest BCUT2D eigenvalue weighted by molar-refractivity contribution is -0.141. The molecule has 0 unspecified atom stereocenters. The number of aromatic nitrogens is 4. The first-order valence-corrected chi connectivity index (χ1v) is 6.47. The fourth-order valence-electron chi connectivity index (χ4n) is 2.09. The summed E-state index contributed by atoms with van der Waals surface area (Å²) in [6.45, 7) is 2.48. The Morgan fingerprint density at radius 3 is 2.82 bits per heavy atom. The maximum absolute atomic E-state index is 12.8. The molecule has 1 N–H and O–H groups in total. The Labute approximate surface area is 121 Å². The smallest absolute Gasteiger partial charge is 0.375 e. The standard InChI is InChI=1S/C13H11F3N4O2/c1-2-22-6-7-5-10-18-12(21)8-3-4-9(13(14,15)16)17-11(8)20(10)19-7/h3-5H,2,6H2,1H3,(H,18,21). The minimum absolute atomic E-state index is 0.0339. The summed E-state index contributed by atoms with van der Waals surface area (Å²) in [6, 6.07) is 3.40. The molecule has 0 saturated heterocycles. The van der Waals surface area contributed by atoms with Crippen LogP contribution in [0.15, 0.2) is 23.0 Å². The second kappa shape index (κ2) is 5.09. The lowest BCUT2D eigenvalue weighted by Crippen LogP contribution is -2.14. The van der Waals surface area contributed by atoms with Gasteiger partial charge in [-0.2, -0.15) is 22.8 Å². The van der Waals surface area contributed by atoms with Gasteiger partial charge in [0.1, 0.15) is 11.3 Å². The molecule has 0 amide bonds. The molecule has 0 saturated carbocycles. The fraction of sp³-hybridized carbons (Fsp3) is 0.308. The molecule has 3 rings (SSSR count). The summed E-state index contributed by atoms with van der Waals surface area (Å²) in [5, 5.41) is 4.17. The molecule has 22 heavy (non-hydrogen) atoms. The van der Waals surface area contributed by atoms with E-state index < -0.39 is 17.4 Å².